The van der Waals surface area contributed by atoms with E-state index in [1.807, 2.05) is 11.8 Å². The van der Waals surface area contributed by atoms with Gasteiger partial charge < -0.3 is 35.6 Å². The van der Waals surface area contributed by atoms with Crippen LogP contribution in [0.5, 0.6) is 0 Å². The SMILES string of the molecule is CCC(=S)NC[C@H]1CN(c2ccc(N3CCN(C(=O)COC(=O)c4ccc(NC(=O)CN)cc4)CC3)c(F)c2)C(=O)O1. The van der Waals surface area contributed by atoms with Gasteiger partial charge in [-0.2, -0.15) is 0 Å². The number of hydrogen-bond acceptors (Lipinski definition) is 9. The van der Waals surface area contributed by atoms with Gasteiger partial charge in [0, 0.05) is 31.9 Å². The zero-order valence-electron chi connectivity index (χ0n) is 23.1. The highest BCUT2D eigenvalue weighted by molar-refractivity contribution is 7.80. The number of piperazine rings is 1. The van der Waals surface area contributed by atoms with Crippen LogP contribution in [0.25, 0.3) is 0 Å². The summed E-state index contributed by atoms with van der Waals surface area (Å²) in [5.74, 6) is -1.88. The minimum Gasteiger partial charge on any atom is -0.452 e. The van der Waals surface area contributed by atoms with E-state index in [-0.39, 0.29) is 30.5 Å². The molecule has 0 unspecified atom stereocenters. The summed E-state index contributed by atoms with van der Waals surface area (Å²) >= 11 is 5.14. The van der Waals surface area contributed by atoms with E-state index in [0.29, 0.717) is 61.2 Å². The molecule has 14 heteroatoms. The summed E-state index contributed by atoms with van der Waals surface area (Å²) in [7, 11) is 0. The molecule has 0 bridgehead atoms. The van der Waals surface area contributed by atoms with Crippen molar-refractivity contribution in [2.45, 2.75) is 19.4 Å². The minimum absolute atomic E-state index is 0.160. The van der Waals surface area contributed by atoms with Crippen LogP contribution in [0.15, 0.2) is 42.5 Å². The molecule has 4 rings (SSSR count). The molecule has 2 aromatic carbocycles. The van der Waals surface area contributed by atoms with E-state index in [4.69, 9.17) is 27.4 Å². The number of nitrogens with zero attached hydrogens (tertiary/aromatic N) is 3. The number of carbonyl (C=O) groups is 4. The van der Waals surface area contributed by atoms with Gasteiger partial charge in [-0.25, -0.2) is 14.0 Å². The summed E-state index contributed by atoms with van der Waals surface area (Å²) < 4.78 is 25.7. The quantitative estimate of drug-likeness (QED) is 0.273. The van der Waals surface area contributed by atoms with Gasteiger partial charge in [-0.1, -0.05) is 19.1 Å². The number of anilines is 3. The van der Waals surface area contributed by atoms with E-state index in [0.717, 1.165) is 0 Å². The molecular weight excluding hydrogens is 567 g/mol. The maximum absolute atomic E-state index is 15.1. The normalized spacial score (nSPS) is 16.6. The molecule has 42 heavy (non-hydrogen) atoms. The van der Waals surface area contributed by atoms with Crippen LogP contribution in [0.3, 0.4) is 0 Å². The number of hydrogen-bond donors (Lipinski definition) is 3. The lowest BCUT2D eigenvalue weighted by molar-refractivity contribution is -0.134. The van der Waals surface area contributed by atoms with Crippen LogP contribution in [-0.4, -0.2) is 92.3 Å². The molecule has 2 saturated heterocycles. The highest BCUT2D eigenvalue weighted by Gasteiger charge is 2.33. The molecule has 4 N–H and O–H groups in total. The molecule has 224 valence electrons. The van der Waals surface area contributed by atoms with E-state index in [1.165, 1.54) is 35.2 Å². The smallest absolute Gasteiger partial charge is 0.414 e. The first kappa shape index (κ1) is 30.7. The van der Waals surface area contributed by atoms with Crippen molar-refractivity contribution in [2.75, 3.05) is 67.5 Å². The zero-order valence-corrected chi connectivity index (χ0v) is 24.0. The molecule has 0 aromatic heterocycles. The van der Waals surface area contributed by atoms with Gasteiger partial charge in [0.15, 0.2) is 6.61 Å². The third-order valence-corrected chi connectivity index (χ3v) is 7.29. The van der Waals surface area contributed by atoms with Crippen LogP contribution in [0.2, 0.25) is 0 Å². The Morgan fingerprint density at radius 2 is 1.83 bits per heavy atom. The monoisotopic (exact) mass is 600 g/mol. The first-order valence-electron chi connectivity index (χ1n) is 13.5. The average molecular weight is 601 g/mol. The molecule has 0 spiro atoms. The standard InChI is InChI=1S/C28H33FN6O6S/c1-2-25(42)31-15-21-16-35(28(39)41-21)20-7-8-23(22(29)13-20)33-9-11-34(12-10-33)26(37)17-40-27(38)18-3-5-19(6-4-18)32-24(36)14-30/h3-8,13,21H,2,9-12,14-17,30H2,1H3,(H,31,42)(H,32,36)/t21-/m0/s1. The summed E-state index contributed by atoms with van der Waals surface area (Å²) in [5.41, 5.74) is 6.73. The largest absolute Gasteiger partial charge is 0.452 e. The van der Waals surface area contributed by atoms with Crippen LogP contribution >= 0.6 is 12.2 Å². The lowest BCUT2D eigenvalue weighted by Crippen LogP contribution is -2.50. The summed E-state index contributed by atoms with van der Waals surface area (Å²) in [5, 5.41) is 5.62. The first-order valence-corrected chi connectivity index (χ1v) is 13.9. The summed E-state index contributed by atoms with van der Waals surface area (Å²) in [6, 6.07) is 10.6. The molecule has 0 radical (unpaired) electrons. The zero-order chi connectivity index (χ0) is 30.2. The third-order valence-electron chi connectivity index (χ3n) is 6.85. The Morgan fingerprint density at radius 1 is 1.12 bits per heavy atom. The number of esters is 1. The second-order valence-corrected chi connectivity index (χ2v) is 10.2. The second kappa shape index (κ2) is 14.0. The van der Waals surface area contributed by atoms with Crippen LogP contribution in [0, 0.1) is 5.82 Å². The van der Waals surface area contributed by atoms with Gasteiger partial charge in [-0.05, 0) is 48.9 Å². The topological polar surface area (TPSA) is 147 Å². The van der Waals surface area contributed by atoms with Gasteiger partial charge in [0.1, 0.15) is 11.9 Å². The van der Waals surface area contributed by atoms with Gasteiger partial charge in [-0.3, -0.25) is 14.5 Å². The summed E-state index contributed by atoms with van der Waals surface area (Å²) in [6.45, 7) is 3.40. The Balaban J connectivity index is 1.24. The van der Waals surface area contributed by atoms with E-state index in [2.05, 4.69) is 10.6 Å². The molecule has 2 aliphatic rings. The fraction of sp³-hybridized carbons (Fsp3) is 0.393. The maximum Gasteiger partial charge on any atom is 0.414 e. The number of halogens is 1. The number of nitrogens with one attached hydrogen (secondary N) is 2. The lowest BCUT2D eigenvalue weighted by Gasteiger charge is -2.36. The number of ether oxygens (including phenoxy) is 2. The number of cyclic esters (lactones) is 1. The molecule has 2 heterocycles. The van der Waals surface area contributed by atoms with E-state index >= 15 is 4.39 Å². The number of thiocarbonyl (C=S) groups is 1. The van der Waals surface area contributed by atoms with Crippen LogP contribution in [-0.2, 0) is 19.1 Å². The van der Waals surface area contributed by atoms with Crippen molar-refractivity contribution in [3.05, 3.63) is 53.8 Å². The van der Waals surface area contributed by atoms with Crippen molar-refractivity contribution in [3.63, 3.8) is 0 Å². The molecule has 2 fully saturated rings. The van der Waals surface area contributed by atoms with Crippen molar-refractivity contribution < 1.29 is 33.0 Å². The molecule has 2 aliphatic heterocycles. The third kappa shape index (κ3) is 7.70. The number of rotatable bonds is 10. The number of carbonyl (C=O) groups excluding carboxylic acids is 4. The van der Waals surface area contributed by atoms with E-state index in [1.54, 1.807) is 17.0 Å². The molecule has 0 saturated carbocycles. The Kier molecular flexibility index (Phi) is 10.3. The molecule has 1 atom stereocenters. The Hall–Kier alpha value is -4.30. The van der Waals surface area contributed by atoms with Crippen molar-refractivity contribution in [1.29, 1.82) is 0 Å². The van der Waals surface area contributed by atoms with Gasteiger partial charge in [0.25, 0.3) is 5.91 Å². The van der Waals surface area contributed by atoms with Crippen molar-refractivity contribution in [2.24, 2.45) is 5.73 Å². The Labute approximate surface area is 247 Å². The summed E-state index contributed by atoms with van der Waals surface area (Å²) in [6.07, 6.45) is -0.250. The van der Waals surface area contributed by atoms with Crippen molar-refractivity contribution in [3.8, 4) is 0 Å². The van der Waals surface area contributed by atoms with Gasteiger partial charge >= 0.3 is 12.1 Å². The number of benzene rings is 2. The molecular formula is C28H33FN6O6S. The second-order valence-electron chi connectivity index (χ2n) is 9.68. The molecule has 0 aliphatic carbocycles. The summed E-state index contributed by atoms with van der Waals surface area (Å²) in [4.78, 5) is 54.1. The molecule has 3 amide bonds. The predicted molar refractivity (Wildman–Crippen MR) is 158 cm³/mol. The Bertz CT molecular complexity index is 1330. The van der Waals surface area contributed by atoms with E-state index < -0.39 is 30.6 Å². The van der Waals surface area contributed by atoms with E-state index in [9.17, 15) is 19.2 Å². The van der Waals surface area contributed by atoms with Crippen LogP contribution < -0.4 is 26.2 Å². The van der Waals surface area contributed by atoms with Gasteiger partial charge in [-0.15, -0.1) is 0 Å². The lowest BCUT2D eigenvalue weighted by atomic mass is 10.2. The van der Waals surface area contributed by atoms with Crippen LogP contribution in [0.4, 0.5) is 26.2 Å². The van der Waals surface area contributed by atoms with Gasteiger partial charge in [0.2, 0.25) is 5.91 Å². The fourth-order valence-corrected chi connectivity index (χ4v) is 4.60. The molecule has 2 aromatic rings. The maximum atomic E-state index is 15.1. The Morgan fingerprint density at radius 3 is 2.48 bits per heavy atom. The van der Waals surface area contributed by atoms with Gasteiger partial charge in [0.05, 0.1) is 41.6 Å². The number of amides is 3. The minimum atomic E-state index is -0.672. The highest BCUT2D eigenvalue weighted by atomic mass is 32.1. The highest BCUT2D eigenvalue weighted by Crippen LogP contribution is 2.28. The number of nitrogens with two attached hydrogens (primary N) is 1. The predicted octanol–water partition coefficient (Wildman–Crippen LogP) is 1.88. The molecule has 12 nitrogen and oxygen atoms in total. The first-order chi connectivity index (χ1) is 20.2. The average Bonchev–Trinajstić information content (AvgIpc) is 3.38. The van der Waals surface area contributed by atoms with Crippen molar-refractivity contribution >= 4 is 58.1 Å². The van der Waals surface area contributed by atoms with Crippen LogP contribution in [0.1, 0.15) is 23.7 Å². The fourth-order valence-electron chi connectivity index (χ4n) is 4.51. The van der Waals surface area contributed by atoms with Crippen molar-refractivity contribution in [1.82, 2.24) is 10.2 Å².